The van der Waals surface area contributed by atoms with E-state index in [0.29, 0.717) is 23.5 Å². The quantitative estimate of drug-likeness (QED) is 0.0549. The fourth-order valence-electron chi connectivity index (χ4n) is 4.60. The zero-order chi connectivity index (χ0) is 37.5. The van der Waals surface area contributed by atoms with Crippen LogP contribution in [0.1, 0.15) is 51.8 Å². The molecule has 0 bridgehead atoms. The number of esters is 3. The summed E-state index contributed by atoms with van der Waals surface area (Å²) in [6, 6.07) is 21.3. The number of nitrogens with two attached hydrogens (primary N) is 2. The van der Waals surface area contributed by atoms with Gasteiger partial charge in [-0.3, -0.25) is 20.2 Å². The molecule has 3 aromatic carbocycles. The summed E-state index contributed by atoms with van der Waals surface area (Å²) in [6.07, 6.45) is 7.11. The molecule has 0 saturated heterocycles. The molecule has 16 heteroatoms. The highest BCUT2D eigenvalue weighted by molar-refractivity contribution is 5.98. The topological polar surface area (TPSA) is 227 Å². The Labute approximate surface area is 292 Å². The average Bonchev–Trinajstić information content (AvgIpc) is 3.84. The average molecular weight is 701 g/mol. The Morgan fingerprint density at radius 3 is 1.39 bits per heavy atom. The third-order valence-corrected chi connectivity index (χ3v) is 6.78. The number of hydrogen-bond donors (Lipinski definition) is 2. The second-order valence-electron chi connectivity index (χ2n) is 10.0. The van der Waals surface area contributed by atoms with Crippen LogP contribution in [0.4, 0.5) is 22.7 Å². The largest absolute Gasteiger partial charge is 0.462 e. The van der Waals surface area contributed by atoms with E-state index in [2.05, 4.69) is 4.74 Å². The number of nitro groups is 2. The number of rotatable bonds is 10. The smallest absolute Gasteiger partial charge is 0.345 e. The molecule has 51 heavy (non-hydrogen) atoms. The Balaban J connectivity index is 0.000000208. The number of para-hydroxylation sites is 3. The number of nitrogen functional groups attached to an aromatic ring is 2. The van der Waals surface area contributed by atoms with E-state index in [0.717, 1.165) is 5.69 Å². The zero-order valence-electron chi connectivity index (χ0n) is 28.0. The SMILES string of the molecule is CCOC(=O)c1cccc(-n2cccc2)c1N.CCOC(=O)c1cccc(-n2cccc2)c1[N+](=O)[O-].CCOC(=O)c1cccc(N)c1[N+](=O)[O-]. The van der Waals surface area contributed by atoms with Crippen LogP contribution >= 0.6 is 0 Å². The molecule has 5 aromatic rings. The van der Waals surface area contributed by atoms with Crippen LogP contribution < -0.4 is 11.5 Å². The summed E-state index contributed by atoms with van der Waals surface area (Å²) in [6.45, 7) is 5.71. The molecule has 0 unspecified atom stereocenters. The van der Waals surface area contributed by atoms with E-state index >= 15 is 0 Å². The highest BCUT2D eigenvalue weighted by atomic mass is 16.6. The molecule has 0 fully saturated rings. The van der Waals surface area contributed by atoms with Crippen molar-refractivity contribution in [3.8, 4) is 11.4 Å². The summed E-state index contributed by atoms with van der Waals surface area (Å²) in [7, 11) is 0. The van der Waals surface area contributed by atoms with Crippen molar-refractivity contribution in [1.82, 2.24) is 9.13 Å². The second-order valence-corrected chi connectivity index (χ2v) is 10.0. The molecule has 0 aliphatic carbocycles. The van der Waals surface area contributed by atoms with Gasteiger partial charge in [0.2, 0.25) is 0 Å². The van der Waals surface area contributed by atoms with Crippen molar-refractivity contribution in [3.63, 3.8) is 0 Å². The number of anilines is 2. The number of ether oxygens (including phenoxy) is 3. The molecule has 0 amide bonds. The van der Waals surface area contributed by atoms with Crippen LogP contribution in [0.25, 0.3) is 11.4 Å². The van der Waals surface area contributed by atoms with Crippen molar-refractivity contribution < 1.29 is 38.4 Å². The summed E-state index contributed by atoms with van der Waals surface area (Å²) in [5.74, 6) is -1.82. The number of nitrogens with zero attached hydrogens (tertiary/aromatic N) is 4. The molecule has 0 spiro atoms. The van der Waals surface area contributed by atoms with Crippen LogP contribution in [0.15, 0.2) is 104 Å². The maximum absolute atomic E-state index is 11.8. The Morgan fingerprint density at radius 2 is 0.941 bits per heavy atom. The van der Waals surface area contributed by atoms with Crippen molar-refractivity contribution in [2.75, 3.05) is 31.3 Å². The van der Waals surface area contributed by atoms with Gasteiger partial charge in [0, 0.05) is 24.8 Å². The first kappa shape index (κ1) is 38.5. The Morgan fingerprint density at radius 1 is 0.569 bits per heavy atom. The molecule has 5 rings (SSSR count). The van der Waals surface area contributed by atoms with Gasteiger partial charge in [-0.25, -0.2) is 14.4 Å². The third kappa shape index (κ3) is 9.79. The van der Waals surface area contributed by atoms with E-state index in [1.807, 2.05) is 35.2 Å². The third-order valence-electron chi connectivity index (χ3n) is 6.78. The Hall–Kier alpha value is -6.97. The number of nitro benzene ring substituents is 2. The summed E-state index contributed by atoms with van der Waals surface area (Å²) in [5.41, 5.74) is 12.5. The number of carbonyl (C=O) groups excluding carboxylic acids is 3. The second kappa shape index (κ2) is 18.5. The molecule has 0 saturated carbocycles. The molecule has 266 valence electrons. The minimum atomic E-state index is -0.739. The maximum atomic E-state index is 11.8. The van der Waals surface area contributed by atoms with Gasteiger partial charge in [-0.05, 0) is 81.4 Å². The van der Waals surface area contributed by atoms with Crippen molar-refractivity contribution in [1.29, 1.82) is 0 Å². The minimum absolute atomic E-state index is 0.0435. The van der Waals surface area contributed by atoms with Gasteiger partial charge in [0.25, 0.3) is 0 Å². The Kier molecular flexibility index (Phi) is 14.0. The van der Waals surface area contributed by atoms with Crippen molar-refractivity contribution in [2.45, 2.75) is 20.8 Å². The highest BCUT2D eigenvalue weighted by Crippen LogP contribution is 2.28. The predicted octanol–water partition coefficient (Wildman–Crippen LogP) is 6.15. The van der Waals surface area contributed by atoms with Gasteiger partial charge < -0.3 is 34.8 Å². The normalized spacial score (nSPS) is 10.0. The first-order valence-corrected chi connectivity index (χ1v) is 15.4. The summed E-state index contributed by atoms with van der Waals surface area (Å²) >= 11 is 0. The van der Waals surface area contributed by atoms with Gasteiger partial charge in [0.15, 0.2) is 0 Å². The fraction of sp³-hybridized carbons (Fsp3) is 0.171. The van der Waals surface area contributed by atoms with Gasteiger partial charge in [-0.1, -0.05) is 18.2 Å². The van der Waals surface area contributed by atoms with Gasteiger partial charge in [-0.15, -0.1) is 0 Å². The lowest BCUT2D eigenvalue weighted by atomic mass is 10.1. The lowest BCUT2D eigenvalue weighted by molar-refractivity contribution is -0.385. The van der Waals surface area contributed by atoms with Crippen LogP contribution in [0.2, 0.25) is 0 Å². The number of carbonyl (C=O) groups is 3. The molecular weight excluding hydrogens is 664 g/mol. The number of aromatic nitrogens is 2. The molecule has 0 radical (unpaired) electrons. The molecule has 4 N–H and O–H groups in total. The molecule has 0 aliphatic heterocycles. The van der Waals surface area contributed by atoms with E-state index in [9.17, 15) is 34.6 Å². The molecule has 2 heterocycles. The van der Waals surface area contributed by atoms with Crippen molar-refractivity contribution in [3.05, 3.63) is 141 Å². The molecule has 0 atom stereocenters. The van der Waals surface area contributed by atoms with Crippen LogP contribution in [0, 0.1) is 20.2 Å². The summed E-state index contributed by atoms with van der Waals surface area (Å²) in [4.78, 5) is 55.4. The lowest BCUT2D eigenvalue weighted by Crippen LogP contribution is -2.10. The highest BCUT2D eigenvalue weighted by Gasteiger charge is 2.26. The number of hydrogen-bond acceptors (Lipinski definition) is 12. The first-order valence-electron chi connectivity index (χ1n) is 15.4. The van der Waals surface area contributed by atoms with E-state index in [4.69, 9.17) is 20.9 Å². The molecule has 0 aliphatic rings. The first-order chi connectivity index (χ1) is 24.5. The van der Waals surface area contributed by atoms with Crippen LogP contribution in [-0.4, -0.2) is 56.7 Å². The summed E-state index contributed by atoms with van der Waals surface area (Å²) in [5, 5.41) is 21.9. The van der Waals surface area contributed by atoms with Crippen LogP contribution in [0.3, 0.4) is 0 Å². The minimum Gasteiger partial charge on any atom is -0.462 e. The van der Waals surface area contributed by atoms with Gasteiger partial charge in [0.1, 0.15) is 22.5 Å². The lowest BCUT2D eigenvalue weighted by Gasteiger charge is -2.10. The summed E-state index contributed by atoms with van der Waals surface area (Å²) < 4.78 is 17.9. The molecule has 16 nitrogen and oxygen atoms in total. The van der Waals surface area contributed by atoms with E-state index in [1.54, 1.807) is 74.1 Å². The van der Waals surface area contributed by atoms with E-state index in [-0.39, 0.29) is 41.7 Å². The van der Waals surface area contributed by atoms with Gasteiger partial charge >= 0.3 is 29.3 Å². The monoisotopic (exact) mass is 700 g/mol. The standard InChI is InChI=1S/C13H12N2O4.C13H14N2O2.C9H10N2O4/c1-2-19-13(16)10-6-5-7-11(12(10)15(17)18)14-8-3-4-9-14;1-2-17-13(16)10-6-5-7-11(12(10)14)15-8-3-4-9-15;1-2-15-9(12)6-4-3-5-7(10)8(6)11(13)14/h3-9H,2H2,1H3;3-9H,2,14H2,1H3;3-5H,2,10H2,1H3. The maximum Gasteiger partial charge on any atom is 0.345 e. The Bertz CT molecular complexity index is 1980. The van der Waals surface area contributed by atoms with E-state index < -0.39 is 27.5 Å². The van der Waals surface area contributed by atoms with E-state index in [1.165, 1.54) is 24.3 Å². The van der Waals surface area contributed by atoms with Crippen LogP contribution in [0.5, 0.6) is 0 Å². The van der Waals surface area contributed by atoms with Gasteiger partial charge in [-0.2, -0.15) is 0 Å². The predicted molar refractivity (Wildman–Crippen MR) is 188 cm³/mol. The fourth-order valence-corrected chi connectivity index (χ4v) is 4.60. The zero-order valence-corrected chi connectivity index (χ0v) is 28.0. The van der Waals surface area contributed by atoms with Gasteiger partial charge in [0.05, 0.1) is 46.6 Å². The number of benzene rings is 3. The van der Waals surface area contributed by atoms with Crippen molar-refractivity contribution in [2.24, 2.45) is 0 Å². The molecule has 2 aromatic heterocycles. The van der Waals surface area contributed by atoms with Crippen LogP contribution in [-0.2, 0) is 14.2 Å². The molecular formula is C35H36N6O10. The van der Waals surface area contributed by atoms with Crippen molar-refractivity contribution >= 4 is 40.7 Å².